The van der Waals surface area contributed by atoms with Gasteiger partial charge in [0.1, 0.15) is 0 Å². The fraction of sp³-hybridized carbons (Fsp3) is 1.00. The fourth-order valence-electron chi connectivity index (χ4n) is 3.11. The Balaban J connectivity index is 2.39. The molecule has 0 radical (unpaired) electrons. The van der Waals surface area contributed by atoms with Crippen LogP contribution in [0.5, 0.6) is 0 Å². The summed E-state index contributed by atoms with van der Waals surface area (Å²) in [7, 11) is -25.0. The minimum absolute atomic E-state index is 1.16. The first-order valence-corrected chi connectivity index (χ1v) is 25.1. The van der Waals surface area contributed by atoms with Crippen molar-refractivity contribution in [1.82, 2.24) is 0 Å². The molecule has 4 unspecified atom stereocenters. The second kappa shape index (κ2) is 12.1. The Kier molecular flexibility index (Phi) is 10.7. The van der Waals surface area contributed by atoms with Crippen LogP contribution in [0.25, 0.3) is 0 Å². The first-order chi connectivity index (χ1) is 18.1. The molecular weight excluding hydrogens is 677 g/mol. The van der Waals surface area contributed by atoms with Gasteiger partial charge in [-0.05, 0) is 0 Å². The van der Waals surface area contributed by atoms with Gasteiger partial charge in [0.15, 0.2) is 0 Å². The predicted octanol–water partition coefficient (Wildman–Crippen LogP) is -2.25. The Labute approximate surface area is 234 Å². The van der Waals surface area contributed by atoms with Crippen molar-refractivity contribution in [2.75, 3.05) is 64.0 Å². The highest BCUT2D eigenvalue weighted by Crippen LogP contribution is 2.43. The van der Waals surface area contributed by atoms with Crippen LogP contribution >= 0.6 is 0 Å². The molecule has 3 aliphatic heterocycles. The number of fused-ring (bicyclic) bond motifs is 3. The molecule has 4 bridgehead atoms. The van der Waals surface area contributed by atoms with Gasteiger partial charge < -0.3 is 85.8 Å². The minimum atomic E-state index is -4.80. The van der Waals surface area contributed by atoms with Gasteiger partial charge in [-0.2, -0.15) is 0 Å². The third-order valence-corrected chi connectivity index (χ3v) is 31.7. The maximum atomic E-state index is 10.8. The van der Waals surface area contributed by atoms with Crippen molar-refractivity contribution < 1.29 is 85.8 Å². The third-order valence-electron chi connectivity index (χ3n) is 5.18. The molecular formula is C11H34O20Si8. The van der Waals surface area contributed by atoms with E-state index in [1.807, 2.05) is 0 Å². The molecule has 0 amide bonds. The van der Waals surface area contributed by atoms with Crippen LogP contribution in [-0.4, -0.2) is 141 Å². The Hall–Kier alpha value is 0.935. The van der Waals surface area contributed by atoms with Gasteiger partial charge in [0.25, 0.3) is 0 Å². The van der Waals surface area contributed by atoms with Crippen LogP contribution in [0.15, 0.2) is 0 Å². The van der Waals surface area contributed by atoms with E-state index in [0.29, 0.717) is 0 Å². The molecule has 39 heavy (non-hydrogen) atoms. The molecule has 0 aromatic heterocycles. The Morgan fingerprint density at radius 3 is 1.10 bits per heavy atom. The second-order valence-corrected chi connectivity index (χ2v) is 29.0. The maximum Gasteiger partial charge on any atom is 0.667 e. The van der Waals surface area contributed by atoms with Crippen LogP contribution in [0.1, 0.15) is 0 Å². The van der Waals surface area contributed by atoms with E-state index in [-0.39, 0.29) is 0 Å². The smallest absolute Gasteiger partial charge is 0.390 e. The minimum Gasteiger partial charge on any atom is -0.390 e. The highest BCUT2D eigenvalue weighted by molar-refractivity contribution is 6.93. The standard InChI is InChI=1S/C11H34O20Si8/c1-13-32(10,12)22-35(17-5)27-37(19-7)24-33(11,14-2)23-36(18-6)25-34(15-3,16-4)26-38(20-8,28-35)31-39(21-9,29-36)30-37/h12H,1-11H3/t32?,33-,35?,36+,37?,38+,39?/m0/s1. The SMILES string of the molecule is CO[Si](C)(O)O[Si]1(OC)O[Si]2(OC)O[Si]3(OC)O[Si@@](OC)(O1)O[Si](OC)(OC)O[Si@](OC)(O3)O[Si@](C)(OC)O2. The molecule has 28 heteroatoms. The first kappa shape index (κ1) is 34.4. The van der Waals surface area contributed by atoms with Gasteiger partial charge in [0, 0.05) is 77.1 Å². The van der Waals surface area contributed by atoms with E-state index in [0.717, 1.165) is 7.11 Å². The van der Waals surface area contributed by atoms with Gasteiger partial charge >= 0.3 is 71.9 Å². The third kappa shape index (κ3) is 6.87. The summed E-state index contributed by atoms with van der Waals surface area (Å²) in [5.74, 6) is 0. The lowest BCUT2D eigenvalue weighted by molar-refractivity contribution is -0.115. The molecule has 3 fully saturated rings. The van der Waals surface area contributed by atoms with Gasteiger partial charge in [0.05, 0.1) is 0 Å². The molecule has 3 saturated heterocycles. The van der Waals surface area contributed by atoms with Gasteiger partial charge in [-0.25, -0.2) is 0 Å². The summed E-state index contributed by atoms with van der Waals surface area (Å²) in [6.07, 6.45) is 0. The molecule has 3 rings (SSSR count). The van der Waals surface area contributed by atoms with Crippen LogP contribution in [0.2, 0.25) is 13.1 Å². The lowest BCUT2D eigenvalue weighted by Crippen LogP contribution is -2.84. The predicted molar refractivity (Wildman–Crippen MR) is 134 cm³/mol. The lowest BCUT2D eigenvalue weighted by Gasteiger charge is -2.52. The van der Waals surface area contributed by atoms with Crippen LogP contribution < -0.4 is 0 Å². The molecule has 230 valence electrons. The summed E-state index contributed by atoms with van der Waals surface area (Å²) in [4.78, 5) is 10.8. The van der Waals surface area contributed by atoms with Gasteiger partial charge in [0.2, 0.25) is 0 Å². The largest absolute Gasteiger partial charge is 0.667 e. The Morgan fingerprint density at radius 1 is 0.462 bits per heavy atom. The Morgan fingerprint density at radius 2 is 0.795 bits per heavy atom. The van der Waals surface area contributed by atoms with E-state index in [2.05, 4.69) is 0 Å². The average molecular weight is 711 g/mol. The van der Waals surface area contributed by atoms with Crippen molar-refractivity contribution in [2.45, 2.75) is 13.1 Å². The van der Waals surface area contributed by atoms with E-state index in [1.54, 1.807) is 0 Å². The molecule has 1 N–H and O–H groups in total. The van der Waals surface area contributed by atoms with Crippen LogP contribution in [0, 0.1) is 0 Å². The van der Waals surface area contributed by atoms with E-state index in [9.17, 15) is 4.80 Å². The molecule has 0 spiro atoms. The van der Waals surface area contributed by atoms with Crippen molar-refractivity contribution in [1.29, 1.82) is 0 Å². The zero-order chi connectivity index (χ0) is 29.4. The van der Waals surface area contributed by atoms with Crippen molar-refractivity contribution in [3.05, 3.63) is 0 Å². The molecule has 20 nitrogen and oxygen atoms in total. The molecule has 3 heterocycles. The summed E-state index contributed by atoms with van der Waals surface area (Å²) in [5.41, 5.74) is 0. The van der Waals surface area contributed by atoms with Crippen LogP contribution in [-0.2, 0) is 81.0 Å². The molecule has 0 aromatic rings. The summed E-state index contributed by atoms with van der Waals surface area (Å²) >= 11 is 0. The van der Waals surface area contributed by atoms with Crippen molar-refractivity contribution in [2.24, 2.45) is 0 Å². The van der Waals surface area contributed by atoms with E-state index in [4.69, 9.17) is 81.0 Å². The van der Waals surface area contributed by atoms with Crippen molar-refractivity contribution in [3.63, 3.8) is 0 Å². The zero-order valence-corrected chi connectivity index (χ0v) is 31.2. The number of rotatable bonds is 11. The quantitative estimate of drug-likeness (QED) is 0.226. The molecule has 0 aliphatic carbocycles. The van der Waals surface area contributed by atoms with E-state index in [1.165, 1.54) is 70.0 Å². The monoisotopic (exact) mass is 710 g/mol. The van der Waals surface area contributed by atoms with Crippen LogP contribution in [0.3, 0.4) is 0 Å². The normalized spacial score (nSPS) is 44.0. The summed E-state index contributed by atoms with van der Waals surface area (Å²) in [5, 5.41) is 0. The first-order valence-electron chi connectivity index (χ1n) is 10.8. The topological polar surface area (TPSA) is 196 Å². The maximum absolute atomic E-state index is 10.8. The average Bonchev–Trinajstić information content (AvgIpc) is 2.89. The Bertz CT molecular complexity index is 860. The molecule has 3 aliphatic rings. The van der Waals surface area contributed by atoms with Crippen molar-refractivity contribution >= 4 is 71.9 Å². The second-order valence-electron chi connectivity index (χ2n) is 7.62. The summed E-state index contributed by atoms with van der Waals surface area (Å²) in [6, 6.07) is 0. The lowest BCUT2D eigenvalue weighted by atomic mass is 11.8. The fourth-order valence-corrected chi connectivity index (χ4v) is 33.9. The molecule has 7 atom stereocenters. The van der Waals surface area contributed by atoms with E-state index < -0.39 is 71.9 Å². The van der Waals surface area contributed by atoms with Gasteiger partial charge in [-0.3, -0.25) is 0 Å². The highest BCUT2D eigenvalue weighted by Gasteiger charge is 2.84. The van der Waals surface area contributed by atoms with Crippen molar-refractivity contribution in [3.8, 4) is 0 Å². The summed E-state index contributed by atoms with van der Waals surface area (Å²) < 4.78 is 112. The highest BCUT2D eigenvalue weighted by atomic mass is 28.6. The van der Waals surface area contributed by atoms with Gasteiger partial charge in [-0.1, -0.05) is 0 Å². The van der Waals surface area contributed by atoms with E-state index >= 15 is 0 Å². The summed E-state index contributed by atoms with van der Waals surface area (Å²) in [6.45, 7) is 2.72. The van der Waals surface area contributed by atoms with Gasteiger partial charge in [-0.15, -0.1) is 0 Å². The molecule has 0 aromatic carbocycles. The number of hydrogen-bond donors (Lipinski definition) is 1. The van der Waals surface area contributed by atoms with Crippen LogP contribution in [0.4, 0.5) is 0 Å². The number of hydrogen-bond acceptors (Lipinski definition) is 20. The molecule has 0 saturated carbocycles. The zero-order valence-electron chi connectivity index (χ0n) is 23.2.